The summed E-state index contributed by atoms with van der Waals surface area (Å²) in [6.07, 6.45) is 2.80. The highest BCUT2D eigenvalue weighted by Gasteiger charge is 2.30. The fraction of sp³-hybridized carbons (Fsp3) is 0.381. The molecular formula is C21H24N2O4S2. The fourth-order valence-electron chi connectivity index (χ4n) is 3.28. The van der Waals surface area contributed by atoms with Crippen LogP contribution in [0.5, 0.6) is 0 Å². The second-order valence-corrected chi connectivity index (χ2v) is 8.68. The molecule has 1 aromatic carbocycles. The number of carbonyl (C=O) groups is 3. The Morgan fingerprint density at radius 1 is 1.24 bits per heavy atom. The SMILES string of the molecule is CCOC(=O)c1c(NC(=O)Cc2ccc(SC)cc2)sc2c1CCN(C(C)=O)C2. The van der Waals surface area contributed by atoms with Gasteiger partial charge >= 0.3 is 5.97 Å². The maximum Gasteiger partial charge on any atom is 0.341 e. The van der Waals surface area contributed by atoms with Crippen LogP contribution in [-0.2, 0) is 33.7 Å². The van der Waals surface area contributed by atoms with Gasteiger partial charge in [0.25, 0.3) is 0 Å². The number of hydrogen-bond donors (Lipinski definition) is 1. The molecule has 2 aromatic rings. The molecule has 0 bridgehead atoms. The Kier molecular flexibility index (Phi) is 6.97. The quantitative estimate of drug-likeness (QED) is 0.556. The third-order valence-electron chi connectivity index (χ3n) is 4.76. The van der Waals surface area contributed by atoms with E-state index in [-0.39, 0.29) is 24.8 Å². The summed E-state index contributed by atoms with van der Waals surface area (Å²) in [5.74, 6) is -0.614. The Labute approximate surface area is 178 Å². The molecule has 1 aliphatic rings. The van der Waals surface area contributed by atoms with E-state index in [1.165, 1.54) is 18.3 Å². The highest BCUT2D eigenvalue weighted by atomic mass is 32.2. The first-order valence-electron chi connectivity index (χ1n) is 9.42. The summed E-state index contributed by atoms with van der Waals surface area (Å²) in [6, 6.07) is 7.83. The number of thioether (sulfide) groups is 1. The van der Waals surface area contributed by atoms with Gasteiger partial charge in [0, 0.05) is 23.2 Å². The van der Waals surface area contributed by atoms with E-state index in [9.17, 15) is 14.4 Å². The number of thiophene rings is 1. The Bertz CT molecular complexity index is 922. The number of fused-ring (bicyclic) bond motifs is 1. The number of hydrogen-bond acceptors (Lipinski definition) is 6. The van der Waals surface area contributed by atoms with E-state index in [1.54, 1.807) is 23.6 Å². The average Bonchev–Trinajstić information content (AvgIpc) is 3.05. The lowest BCUT2D eigenvalue weighted by molar-refractivity contribution is -0.129. The smallest absolute Gasteiger partial charge is 0.341 e. The highest BCUT2D eigenvalue weighted by Crippen LogP contribution is 2.37. The van der Waals surface area contributed by atoms with Crippen molar-refractivity contribution in [1.82, 2.24) is 4.90 Å². The first-order valence-corrected chi connectivity index (χ1v) is 11.5. The van der Waals surface area contributed by atoms with Gasteiger partial charge in [0.1, 0.15) is 5.00 Å². The van der Waals surface area contributed by atoms with Crippen LogP contribution in [0.2, 0.25) is 0 Å². The Hall–Kier alpha value is -2.32. The van der Waals surface area contributed by atoms with Gasteiger partial charge in [-0.1, -0.05) is 12.1 Å². The largest absolute Gasteiger partial charge is 0.462 e. The lowest BCUT2D eigenvalue weighted by atomic mass is 10.0. The minimum atomic E-state index is -0.430. The molecule has 1 aliphatic heterocycles. The van der Waals surface area contributed by atoms with Crippen molar-refractivity contribution in [2.24, 2.45) is 0 Å². The normalized spacial score (nSPS) is 13.0. The summed E-state index contributed by atoms with van der Waals surface area (Å²) in [7, 11) is 0. The van der Waals surface area contributed by atoms with Gasteiger partial charge in [0.05, 0.1) is 25.1 Å². The van der Waals surface area contributed by atoms with Crippen LogP contribution < -0.4 is 5.32 Å². The molecule has 2 amide bonds. The molecule has 0 atom stereocenters. The van der Waals surface area contributed by atoms with Crippen molar-refractivity contribution in [3.63, 3.8) is 0 Å². The van der Waals surface area contributed by atoms with Crippen molar-refractivity contribution in [2.45, 2.75) is 38.1 Å². The molecule has 3 rings (SSSR count). The van der Waals surface area contributed by atoms with Crippen LogP contribution in [0.4, 0.5) is 5.00 Å². The third-order valence-corrected chi connectivity index (χ3v) is 6.63. The summed E-state index contributed by atoms with van der Waals surface area (Å²) >= 11 is 3.00. The molecule has 1 aromatic heterocycles. The van der Waals surface area contributed by atoms with Crippen LogP contribution in [0, 0.1) is 0 Å². The summed E-state index contributed by atoms with van der Waals surface area (Å²) in [5, 5.41) is 3.40. The number of anilines is 1. The summed E-state index contributed by atoms with van der Waals surface area (Å²) in [5.41, 5.74) is 2.22. The van der Waals surface area contributed by atoms with Crippen LogP contribution in [0.15, 0.2) is 29.2 Å². The lowest BCUT2D eigenvalue weighted by Crippen LogP contribution is -2.34. The van der Waals surface area contributed by atoms with Gasteiger partial charge in [0.2, 0.25) is 11.8 Å². The number of ether oxygens (including phenoxy) is 1. The van der Waals surface area contributed by atoms with Crippen molar-refractivity contribution in [3.05, 3.63) is 45.8 Å². The standard InChI is InChI=1S/C21H24N2O4S2/c1-4-27-21(26)19-16-9-10-23(13(2)24)12-17(16)29-20(19)22-18(25)11-14-5-7-15(28-3)8-6-14/h5-8H,4,9-12H2,1-3H3,(H,22,25). The topological polar surface area (TPSA) is 75.7 Å². The summed E-state index contributed by atoms with van der Waals surface area (Å²) in [4.78, 5) is 40.7. The van der Waals surface area contributed by atoms with Gasteiger partial charge < -0.3 is 15.0 Å². The predicted octanol–water partition coefficient (Wildman–Crippen LogP) is 3.73. The molecule has 0 saturated carbocycles. The van der Waals surface area contributed by atoms with Crippen LogP contribution in [-0.4, -0.2) is 42.1 Å². The van der Waals surface area contributed by atoms with E-state index in [2.05, 4.69) is 5.32 Å². The molecule has 0 saturated heterocycles. The Morgan fingerprint density at radius 3 is 2.59 bits per heavy atom. The van der Waals surface area contributed by atoms with Gasteiger partial charge in [-0.15, -0.1) is 23.1 Å². The number of amides is 2. The van der Waals surface area contributed by atoms with Crippen molar-refractivity contribution >= 4 is 45.9 Å². The highest BCUT2D eigenvalue weighted by molar-refractivity contribution is 7.98. The molecule has 29 heavy (non-hydrogen) atoms. The molecule has 2 heterocycles. The second-order valence-electron chi connectivity index (χ2n) is 6.69. The van der Waals surface area contributed by atoms with E-state index in [4.69, 9.17) is 4.74 Å². The van der Waals surface area contributed by atoms with Gasteiger partial charge in [-0.05, 0) is 42.9 Å². The number of carbonyl (C=O) groups excluding carboxylic acids is 3. The second kappa shape index (κ2) is 9.45. The maximum absolute atomic E-state index is 12.6. The first-order chi connectivity index (χ1) is 13.9. The molecule has 0 radical (unpaired) electrons. The van der Waals surface area contributed by atoms with E-state index in [0.29, 0.717) is 30.1 Å². The number of nitrogens with one attached hydrogen (secondary N) is 1. The van der Waals surface area contributed by atoms with Gasteiger partial charge in [-0.25, -0.2) is 4.79 Å². The predicted molar refractivity (Wildman–Crippen MR) is 116 cm³/mol. The van der Waals surface area contributed by atoms with Crippen molar-refractivity contribution < 1.29 is 19.1 Å². The number of esters is 1. The molecule has 8 heteroatoms. The fourth-order valence-corrected chi connectivity index (χ4v) is 4.95. The molecule has 0 unspecified atom stereocenters. The van der Waals surface area contributed by atoms with Crippen molar-refractivity contribution in [2.75, 3.05) is 24.7 Å². The molecule has 0 spiro atoms. The van der Waals surface area contributed by atoms with Gasteiger partial charge in [-0.2, -0.15) is 0 Å². The van der Waals surface area contributed by atoms with E-state index in [0.717, 1.165) is 20.9 Å². The van der Waals surface area contributed by atoms with E-state index in [1.807, 2.05) is 30.5 Å². The van der Waals surface area contributed by atoms with Crippen molar-refractivity contribution in [1.29, 1.82) is 0 Å². The third kappa shape index (κ3) is 5.00. The number of rotatable bonds is 6. The minimum absolute atomic E-state index is 0.000935. The zero-order chi connectivity index (χ0) is 21.0. The minimum Gasteiger partial charge on any atom is -0.462 e. The summed E-state index contributed by atoms with van der Waals surface area (Å²) in [6.45, 7) is 4.56. The molecule has 0 fully saturated rings. The van der Waals surface area contributed by atoms with E-state index >= 15 is 0 Å². The monoisotopic (exact) mass is 432 g/mol. The average molecular weight is 433 g/mol. The zero-order valence-electron chi connectivity index (χ0n) is 16.7. The van der Waals surface area contributed by atoms with E-state index < -0.39 is 5.97 Å². The Morgan fingerprint density at radius 2 is 1.97 bits per heavy atom. The molecule has 154 valence electrons. The van der Waals surface area contributed by atoms with Crippen LogP contribution >= 0.6 is 23.1 Å². The maximum atomic E-state index is 12.6. The number of nitrogens with zero attached hydrogens (tertiary/aromatic N) is 1. The number of benzene rings is 1. The van der Waals surface area contributed by atoms with Crippen LogP contribution in [0.25, 0.3) is 0 Å². The van der Waals surface area contributed by atoms with Gasteiger partial charge in [-0.3, -0.25) is 9.59 Å². The first kappa shape index (κ1) is 21.4. The molecule has 6 nitrogen and oxygen atoms in total. The molecule has 0 aliphatic carbocycles. The van der Waals surface area contributed by atoms with Gasteiger partial charge in [0.15, 0.2) is 0 Å². The molecular weight excluding hydrogens is 408 g/mol. The lowest BCUT2D eigenvalue weighted by Gasteiger charge is -2.25. The van der Waals surface area contributed by atoms with Crippen molar-refractivity contribution in [3.8, 4) is 0 Å². The van der Waals surface area contributed by atoms with Crippen LogP contribution in [0.3, 0.4) is 0 Å². The molecule has 1 N–H and O–H groups in total. The van der Waals surface area contributed by atoms with Crippen LogP contribution in [0.1, 0.15) is 40.2 Å². The Balaban J connectivity index is 1.82. The summed E-state index contributed by atoms with van der Waals surface area (Å²) < 4.78 is 5.23. The zero-order valence-corrected chi connectivity index (χ0v) is 18.4.